The summed E-state index contributed by atoms with van der Waals surface area (Å²) in [4.78, 5) is 39.6. The first-order chi connectivity index (χ1) is 16.7. The first kappa shape index (κ1) is 23.7. The zero-order valence-electron chi connectivity index (χ0n) is 19.0. The van der Waals surface area contributed by atoms with Crippen molar-refractivity contribution in [2.24, 2.45) is 0 Å². The highest BCUT2D eigenvalue weighted by atomic mass is 19.1. The Kier molecular flexibility index (Phi) is 6.38. The maximum atomic E-state index is 13.8. The number of esters is 1. The number of rotatable bonds is 5. The monoisotopic (exact) mass is 475 g/mol. The van der Waals surface area contributed by atoms with E-state index in [1.807, 2.05) is 0 Å². The zero-order chi connectivity index (χ0) is 25.3. The summed E-state index contributed by atoms with van der Waals surface area (Å²) in [5.74, 6) is -3.26. The lowest BCUT2D eigenvalue weighted by atomic mass is 9.94. The molecule has 1 aliphatic heterocycles. The van der Waals surface area contributed by atoms with Gasteiger partial charge in [0, 0.05) is 11.3 Å². The highest BCUT2D eigenvalue weighted by Crippen LogP contribution is 2.42. The molecule has 3 aromatic carbocycles. The molecule has 1 heterocycles. The minimum atomic E-state index is -1.03. The highest BCUT2D eigenvalue weighted by molar-refractivity contribution is 6.51. The number of amides is 1. The number of hydrogen-bond acceptors (Lipinski definition) is 6. The number of aliphatic hydroxyl groups excluding tert-OH is 1. The molecule has 4 rings (SSSR count). The van der Waals surface area contributed by atoms with Crippen LogP contribution in [-0.2, 0) is 14.3 Å². The van der Waals surface area contributed by atoms with Gasteiger partial charge in [0.05, 0.1) is 23.8 Å². The number of benzene rings is 3. The topological polar surface area (TPSA) is 104 Å². The van der Waals surface area contributed by atoms with Crippen molar-refractivity contribution in [3.8, 4) is 5.75 Å². The van der Waals surface area contributed by atoms with Crippen molar-refractivity contribution in [3.05, 3.63) is 100 Å². The van der Waals surface area contributed by atoms with Crippen molar-refractivity contribution in [1.29, 1.82) is 0 Å². The van der Waals surface area contributed by atoms with E-state index in [9.17, 15) is 29.0 Å². The second kappa shape index (κ2) is 9.42. The summed E-state index contributed by atoms with van der Waals surface area (Å²) in [5, 5.41) is 20.8. The standard InChI is InChI=1S/C27H22FNO6/c1-3-35-27(34)17-4-9-19(10-5-17)29-23(16-6-11-20(30)12-7-16)22(25(32)26(29)33)24(31)18-8-13-21(28)15(2)14-18/h4-14,23,30-31H,3H2,1-2H3/b24-22-. The lowest BCUT2D eigenvalue weighted by Crippen LogP contribution is -2.29. The van der Waals surface area contributed by atoms with E-state index in [1.54, 1.807) is 6.92 Å². The molecule has 3 aromatic rings. The molecule has 1 atom stereocenters. The van der Waals surface area contributed by atoms with Crippen molar-refractivity contribution in [3.63, 3.8) is 0 Å². The number of carbonyl (C=O) groups is 3. The number of carbonyl (C=O) groups excluding carboxylic acids is 3. The minimum Gasteiger partial charge on any atom is -0.508 e. The van der Waals surface area contributed by atoms with E-state index in [1.165, 1.54) is 78.6 Å². The molecule has 1 unspecified atom stereocenters. The van der Waals surface area contributed by atoms with Crippen LogP contribution in [0.1, 0.15) is 40.0 Å². The molecule has 0 radical (unpaired) electrons. The molecule has 0 aromatic heterocycles. The van der Waals surface area contributed by atoms with Gasteiger partial charge in [-0.15, -0.1) is 0 Å². The third kappa shape index (κ3) is 4.38. The smallest absolute Gasteiger partial charge is 0.338 e. The van der Waals surface area contributed by atoms with Gasteiger partial charge in [-0.1, -0.05) is 12.1 Å². The number of anilines is 1. The summed E-state index contributed by atoms with van der Waals surface area (Å²) in [7, 11) is 0. The van der Waals surface area contributed by atoms with Crippen LogP contribution in [0, 0.1) is 12.7 Å². The normalized spacial score (nSPS) is 17.0. The van der Waals surface area contributed by atoms with E-state index in [4.69, 9.17) is 4.74 Å². The van der Waals surface area contributed by atoms with Crippen LogP contribution in [0.2, 0.25) is 0 Å². The van der Waals surface area contributed by atoms with Crippen molar-refractivity contribution in [2.75, 3.05) is 11.5 Å². The third-order valence-electron chi connectivity index (χ3n) is 5.74. The molecule has 0 spiro atoms. The van der Waals surface area contributed by atoms with Crippen molar-refractivity contribution >= 4 is 29.1 Å². The lowest BCUT2D eigenvalue weighted by Gasteiger charge is -2.25. The lowest BCUT2D eigenvalue weighted by molar-refractivity contribution is -0.132. The van der Waals surface area contributed by atoms with E-state index in [0.717, 1.165) is 0 Å². The van der Waals surface area contributed by atoms with Crippen molar-refractivity contribution in [1.82, 2.24) is 0 Å². The summed E-state index contributed by atoms with van der Waals surface area (Å²) in [6.45, 7) is 3.41. The Balaban J connectivity index is 1.87. The Morgan fingerprint density at radius 2 is 1.63 bits per heavy atom. The molecular formula is C27H22FNO6. The molecule has 178 valence electrons. The van der Waals surface area contributed by atoms with Crippen molar-refractivity contribution in [2.45, 2.75) is 19.9 Å². The fourth-order valence-corrected chi connectivity index (χ4v) is 3.99. The number of phenols is 1. The van der Waals surface area contributed by atoms with Gasteiger partial charge >= 0.3 is 5.97 Å². The fourth-order valence-electron chi connectivity index (χ4n) is 3.99. The van der Waals surface area contributed by atoms with Gasteiger partial charge in [0.1, 0.15) is 17.3 Å². The molecule has 35 heavy (non-hydrogen) atoms. The molecule has 2 N–H and O–H groups in total. The first-order valence-corrected chi connectivity index (χ1v) is 10.9. The van der Waals surface area contributed by atoms with Gasteiger partial charge in [0.25, 0.3) is 11.7 Å². The third-order valence-corrected chi connectivity index (χ3v) is 5.74. The van der Waals surface area contributed by atoms with Crippen LogP contribution in [0.25, 0.3) is 5.76 Å². The number of aliphatic hydroxyl groups is 1. The number of ether oxygens (including phenoxy) is 1. The summed E-state index contributed by atoms with van der Waals surface area (Å²) in [5.41, 5.74) is 1.31. The Morgan fingerprint density at radius 1 is 1.00 bits per heavy atom. The predicted molar refractivity (Wildman–Crippen MR) is 126 cm³/mol. The zero-order valence-corrected chi connectivity index (χ0v) is 19.0. The van der Waals surface area contributed by atoms with E-state index >= 15 is 0 Å². The number of aromatic hydroxyl groups is 1. The van der Waals surface area contributed by atoms with Crippen LogP contribution >= 0.6 is 0 Å². The molecule has 0 aliphatic carbocycles. The SMILES string of the molecule is CCOC(=O)c1ccc(N2C(=O)C(=O)/C(=C(\O)c3ccc(F)c(C)c3)C2c2ccc(O)cc2)cc1. The van der Waals surface area contributed by atoms with Gasteiger partial charge in [0.2, 0.25) is 0 Å². The van der Waals surface area contributed by atoms with Crippen LogP contribution in [0.5, 0.6) is 5.75 Å². The van der Waals surface area contributed by atoms with Crippen LogP contribution in [0.15, 0.2) is 72.3 Å². The summed E-state index contributed by atoms with van der Waals surface area (Å²) < 4.78 is 18.8. The second-order valence-electron chi connectivity index (χ2n) is 7.99. The molecule has 1 fully saturated rings. The Labute approximate surface area is 200 Å². The van der Waals surface area contributed by atoms with E-state index in [2.05, 4.69) is 0 Å². The number of halogens is 1. The van der Waals surface area contributed by atoms with Crippen LogP contribution in [0.4, 0.5) is 10.1 Å². The van der Waals surface area contributed by atoms with Gasteiger partial charge in [-0.25, -0.2) is 9.18 Å². The van der Waals surface area contributed by atoms with E-state index in [0.29, 0.717) is 11.3 Å². The van der Waals surface area contributed by atoms with Gasteiger partial charge in [-0.05, 0) is 79.6 Å². The number of hydrogen-bond donors (Lipinski definition) is 2. The van der Waals surface area contributed by atoms with E-state index < -0.39 is 35.3 Å². The molecule has 1 saturated heterocycles. The van der Waals surface area contributed by atoms with E-state index in [-0.39, 0.29) is 34.6 Å². The number of aryl methyl sites for hydroxylation is 1. The molecule has 0 bridgehead atoms. The van der Waals surface area contributed by atoms with Crippen LogP contribution in [-0.4, -0.2) is 34.5 Å². The summed E-state index contributed by atoms with van der Waals surface area (Å²) in [6.07, 6.45) is 0. The number of Topliss-reactive ketones (excluding diaryl/α,β-unsaturated/α-hetero) is 1. The van der Waals surface area contributed by atoms with Gasteiger partial charge in [0.15, 0.2) is 0 Å². The maximum absolute atomic E-state index is 13.8. The average Bonchev–Trinajstić information content (AvgIpc) is 3.11. The predicted octanol–water partition coefficient (Wildman–Crippen LogP) is 4.64. The largest absolute Gasteiger partial charge is 0.508 e. The van der Waals surface area contributed by atoms with Crippen LogP contribution < -0.4 is 4.90 Å². The summed E-state index contributed by atoms with van der Waals surface area (Å²) >= 11 is 0. The van der Waals surface area contributed by atoms with Gasteiger partial charge in [-0.2, -0.15) is 0 Å². The molecule has 8 heteroatoms. The van der Waals surface area contributed by atoms with Gasteiger partial charge in [-0.3, -0.25) is 14.5 Å². The average molecular weight is 475 g/mol. The Morgan fingerprint density at radius 3 is 2.23 bits per heavy atom. The highest BCUT2D eigenvalue weighted by Gasteiger charge is 2.47. The Hall–Kier alpha value is -4.46. The first-order valence-electron chi connectivity index (χ1n) is 10.9. The summed E-state index contributed by atoms with van der Waals surface area (Å²) in [6, 6.07) is 14.7. The molecular weight excluding hydrogens is 453 g/mol. The molecule has 7 nitrogen and oxygen atoms in total. The number of phenolic OH excluding ortho intramolecular Hbond substituents is 1. The minimum absolute atomic E-state index is 0.0151. The fraction of sp³-hybridized carbons (Fsp3) is 0.148. The van der Waals surface area contributed by atoms with Crippen molar-refractivity contribution < 1.29 is 33.7 Å². The number of nitrogens with zero attached hydrogens (tertiary/aromatic N) is 1. The van der Waals surface area contributed by atoms with Crippen LogP contribution in [0.3, 0.4) is 0 Å². The molecule has 1 amide bonds. The second-order valence-corrected chi connectivity index (χ2v) is 7.99. The molecule has 0 saturated carbocycles. The Bertz CT molecular complexity index is 1350. The number of ketones is 1. The maximum Gasteiger partial charge on any atom is 0.338 e. The van der Waals surface area contributed by atoms with Gasteiger partial charge < -0.3 is 14.9 Å². The molecule has 1 aliphatic rings. The quantitative estimate of drug-likeness (QED) is 0.241.